The standard InChI is InChI=1S/C31H56O10S/c1-3-4-5-6-7-8-9-10-15-34-16-17-35-18-19-36-20-21-37-22-23-38-24-25-39-26-27-40-28-29-41-42(32,33)31-13-11-30(2)12-14-31/h11-14H,3-10,15-29H2,1-2H3. The van der Waals surface area contributed by atoms with E-state index in [1.165, 1.54) is 57.1 Å². The fourth-order valence-electron chi connectivity index (χ4n) is 3.74. The average molecular weight is 621 g/mol. The summed E-state index contributed by atoms with van der Waals surface area (Å²) in [6.07, 6.45) is 10.5. The maximum atomic E-state index is 12.1. The highest BCUT2D eigenvalue weighted by Crippen LogP contribution is 2.13. The van der Waals surface area contributed by atoms with Crippen molar-refractivity contribution in [2.75, 3.05) is 99.1 Å². The van der Waals surface area contributed by atoms with E-state index in [1.54, 1.807) is 12.1 Å². The van der Waals surface area contributed by atoms with Crippen LogP contribution < -0.4 is 0 Å². The van der Waals surface area contributed by atoms with Crippen LogP contribution in [0.4, 0.5) is 0 Å². The lowest BCUT2D eigenvalue weighted by Crippen LogP contribution is -2.15. The van der Waals surface area contributed by atoms with E-state index < -0.39 is 10.1 Å². The number of rotatable bonds is 32. The summed E-state index contributed by atoms with van der Waals surface area (Å²) in [5, 5.41) is 0. The Bertz CT molecular complexity index is 804. The van der Waals surface area contributed by atoms with Gasteiger partial charge in [0.1, 0.15) is 0 Å². The zero-order valence-corrected chi connectivity index (χ0v) is 26.9. The van der Waals surface area contributed by atoms with Gasteiger partial charge in [0, 0.05) is 6.61 Å². The normalized spacial score (nSPS) is 11.9. The predicted octanol–water partition coefficient (Wildman–Crippen LogP) is 4.96. The number of aryl methyl sites for hydroxylation is 1. The average Bonchev–Trinajstić information content (AvgIpc) is 2.98. The lowest BCUT2D eigenvalue weighted by Gasteiger charge is -2.09. The molecular formula is C31H56O10S. The monoisotopic (exact) mass is 620 g/mol. The number of unbranched alkanes of at least 4 members (excludes halogenated alkanes) is 7. The van der Waals surface area contributed by atoms with Crippen molar-refractivity contribution in [3.63, 3.8) is 0 Å². The Labute approximate surface area is 254 Å². The van der Waals surface area contributed by atoms with Crippen molar-refractivity contribution in [3.8, 4) is 0 Å². The van der Waals surface area contributed by atoms with E-state index in [9.17, 15) is 8.42 Å². The van der Waals surface area contributed by atoms with E-state index in [2.05, 4.69) is 6.92 Å². The summed E-state index contributed by atoms with van der Waals surface area (Å²) in [4.78, 5) is 0.136. The first-order chi connectivity index (χ1) is 20.6. The number of ether oxygens (including phenoxy) is 7. The number of hydrogen-bond acceptors (Lipinski definition) is 10. The Morgan fingerprint density at radius 3 is 1.19 bits per heavy atom. The molecule has 0 saturated carbocycles. The third-order valence-corrected chi connectivity index (χ3v) is 7.48. The first-order valence-corrected chi connectivity index (χ1v) is 17.0. The summed E-state index contributed by atoms with van der Waals surface area (Å²) >= 11 is 0. The molecule has 0 bridgehead atoms. The van der Waals surface area contributed by atoms with E-state index in [4.69, 9.17) is 37.3 Å². The van der Waals surface area contributed by atoms with Gasteiger partial charge in [-0.15, -0.1) is 0 Å². The summed E-state index contributed by atoms with van der Waals surface area (Å²) in [7, 11) is -3.76. The lowest BCUT2D eigenvalue weighted by molar-refractivity contribution is -0.0212. The van der Waals surface area contributed by atoms with Crippen LogP contribution >= 0.6 is 0 Å². The third kappa shape index (κ3) is 24.3. The molecule has 0 N–H and O–H groups in total. The Balaban J connectivity index is 1.70. The molecule has 0 fully saturated rings. The molecule has 246 valence electrons. The zero-order valence-electron chi connectivity index (χ0n) is 26.1. The largest absolute Gasteiger partial charge is 0.379 e. The third-order valence-electron chi connectivity index (χ3n) is 6.15. The van der Waals surface area contributed by atoms with Crippen molar-refractivity contribution in [3.05, 3.63) is 29.8 Å². The molecule has 0 aliphatic rings. The van der Waals surface area contributed by atoms with Gasteiger partial charge < -0.3 is 33.2 Å². The van der Waals surface area contributed by atoms with Crippen molar-refractivity contribution >= 4 is 10.1 Å². The van der Waals surface area contributed by atoms with Gasteiger partial charge in [0.05, 0.1) is 97.4 Å². The van der Waals surface area contributed by atoms with Crippen LogP contribution in [-0.2, 0) is 47.5 Å². The second-order valence-electron chi connectivity index (χ2n) is 9.85. The van der Waals surface area contributed by atoms with Crippen LogP contribution in [0.1, 0.15) is 63.9 Å². The molecule has 0 saturated heterocycles. The van der Waals surface area contributed by atoms with Gasteiger partial charge in [0.15, 0.2) is 0 Å². The molecule has 0 spiro atoms. The SMILES string of the molecule is CCCCCCCCCCOCCOCCOCCOCCOCCOCCOCCOS(=O)(=O)c1ccc(C)cc1. The van der Waals surface area contributed by atoms with Gasteiger partial charge in [-0.3, -0.25) is 4.18 Å². The van der Waals surface area contributed by atoms with Crippen molar-refractivity contribution in [1.82, 2.24) is 0 Å². The molecule has 0 aliphatic heterocycles. The first kappa shape index (κ1) is 38.9. The van der Waals surface area contributed by atoms with Crippen molar-refractivity contribution < 1.29 is 45.8 Å². The maximum Gasteiger partial charge on any atom is 0.297 e. The van der Waals surface area contributed by atoms with Crippen LogP contribution in [0, 0.1) is 6.92 Å². The first-order valence-electron chi connectivity index (χ1n) is 15.6. The molecule has 11 heteroatoms. The molecule has 1 aromatic rings. The molecule has 0 aliphatic carbocycles. The predicted molar refractivity (Wildman–Crippen MR) is 163 cm³/mol. The van der Waals surface area contributed by atoms with Gasteiger partial charge in [-0.05, 0) is 25.5 Å². The summed E-state index contributed by atoms with van der Waals surface area (Å²) in [6, 6.07) is 6.51. The van der Waals surface area contributed by atoms with Gasteiger partial charge in [0.2, 0.25) is 0 Å². The summed E-state index contributed by atoms with van der Waals surface area (Å²) in [6.45, 7) is 11.0. The minimum atomic E-state index is -3.76. The molecular weight excluding hydrogens is 564 g/mol. The Morgan fingerprint density at radius 1 is 0.452 bits per heavy atom. The van der Waals surface area contributed by atoms with Gasteiger partial charge in [-0.1, -0.05) is 69.6 Å². The fraction of sp³-hybridized carbons (Fsp3) is 0.806. The highest BCUT2D eigenvalue weighted by molar-refractivity contribution is 7.86. The van der Waals surface area contributed by atoms with E-state index in [0.717, 1.165) is 18.6 Å². The van der Waals surface area contributed by atoms with Gasteiger partial charge in [0.25, 0.3) is 10.1 Å². The highest BCUT2D eigenvalue weighted by Gasteiger charge is 2.14. The highest BCUT2D eigenvalue weighted by atomic mass is 32.2. The quantitative estimate of drug-likeness (QED) is 0.0810. The smallest absolute Gasteiger partial charge is 0.297 e. The molecule has 10 nitrogen and oxygen atoms in total. The van der Waals surface area contributed by atoms with Gasteiger partial charge >= 0.3 is 0 Å². The minimum Gasteiger partial charge on any atom is -0.379 e. The second-order valence-corrected chi connectivity index (χ2v) is 11.5. The number of benzene rings is 1. The molecule has 1 rings (SSSR count). The van der Waals surface area contributed by atoms with Crippen LogP contribution in [0.25, 0.3) is 0 Å². The summed E-state index contributed by atoms with van der Waals surface area (Å²) in [5.41, 5.74) is 0.982. The Hall–Kier alpha value is -1.15. The topological polar surface area (TPSA) is 108 Å². The molecule has 0 atom stereocenters. The molecule has 0 radical (unpaired) electrons. The zero-order chi connectivity index (χ0) is 30.4. The molecule has 1 aromatic carbocycles. The van der Waals surface area contributed by atoms with Crippen LogP contribution in [0.5, 0.6) is 0 Å². The van der Waals surface area contributed by atoms with Crippen LogP contribution in [0.3, 0.4) is 0 Å². The fourth-order valence-corrected chi connectivity index (χ4v) is 4.63. The van der Waals surface area contributed by atoms with Crippen LogP contribution in [0.15, 0.2) is 29.2 Å². The Kier molecular flexibility index (Phi) is 26.5. The van der Waals surface area contributed by atoms with Crippen LogP contribution in [-0.4, -0.2) is 108 Å². The summed E-state index contributed by atoms with van der Waals surface area (Å²) < 4.78 is 67.4. The van der Waals surface area contributed by atoms with Gasteiger partial charge in [-0.2, -0.15) is 8.42 Å². The molecule has 0 heterocycles. The van der Waals surface area contributed by atoms with E-state index >= 15 is 0 Å². The van der Waals surface area contributed by atoms with Crippen molar-refractivity contribution in [2.24, 2.45) is 0 Å². The maximum absolute atomic E-state index is 12.1. The molecule has 0 aromatic heterocycles. The van der Waals surface area contributed by atoms with E-state index in [1.807, 2.05) is 6.92 Å². The number of hydrogen-bond donors (Lipinski definition) is 0. The molecule has 0 amide bonds. The summed E-state index contributed by atoms with van der Waals surface area (Å²) in [5.74, 6) is 0. The van der Waals surface area contributed by atoms with Gasteiger partial charge in [-0.25, -0.2) is 0 Å². The molecule has 0 unspecified atom stereocenters. The van der Waals surface area contributed by atoms with E-state index in [-0.39, 0.29) is 18.1 Å². The lowest BCUT2D eigenvalue weighted by atomic mass is 10.1. The second kappa shape index (κ2) is 28.6. The minimum absolute atomic E-state index is 0.0486. The Morgan fingerprint density at radius 2 is 0.786 bits per heavy atom. The van der Waals surface area contributed by atoms with E-state index in [0.29, 0.717) is 79.3 Å². The van der Waals surface area contributed by atoms with Crippen LogP contribution in [0.2, 0.25) is 0 Å². The molecule has 42 heavy (non-hydrogen) atoms. The van der Waals surface area contributed by atoms with Crippen molar-refractivity contribution in [2.45, 2.75) is 70.1 Å². The van der Waals surface area contributed by atoms with Crippen molar-refractivity contribution in [1.29, 1.82) is 0 Å².